The van der Waals surface area contributed by atoms with E-state index in [-0.39, 0.29) is 29.5 Å². The van der Waals surface area contributed by atoms with E-state index in [2.05, 4.69) is 5.10 Å². The van der Waals surface area contributed by atoms with Crippen molar-refractivity contribution in [1.82, 2.24) is 19.6 Å². The maximum Gasteiger partial charge on any atom is 0.338 e. The molecule has 1 unspecified atom stereocenters. The molecule has 0 saturated carbocycles. The molecule has 2 saturated heterocycles. The molecule has 1 N–H and O–H groups in total. The Bertz CT molecular complexity index is 694. The lowest BCUT2D eigenvalue weighted by Gasteiger charge is -2.40. The normalized spacial score (nSPS) is 21.3. The van der Waals surface area contributed by atoms with Crippen molar-refractivity contribution in [2.75, 3.05) is 19.6 Å². The molecule has 8 nitrogen and oxygen atoms in total. The van der Waals surface area contributed by atoms with Crippen LogP contribution < -0.4 is 0 Å². The fourth-order valence-electron chi connectivity index (χ4n) is 4.05. The predicted octanol–water partition coefficient (Wildman–Crippen LogP) is 1.93. The van der Waals surface area contributed by atoms with E-state index in [1.807, 2.05) is 11.8 Å². The molecule has 0 aromatic carbocycles. The van der Waals surface area contributed by atoms with Crippen LogP contribution in [-0.2, 0) is 9.59 Å². The first-order valence-corrected chi connectivity index (χ1v) is 9.87. The number of aromatic carboxylic acids is 1. The molecule has 2 aliphatic heterocycles. The van der Waals surface area contributed by atoms with E-state index < -0.39 is 5.97 Å². The van der Waals surface area contributed by atoms with Gasteiger partial charge in [-0.2, -0.15) is 5.10 Å². The number of hydrogen-bond donors (Lipinski definition) is 1. The van der Waals surface area contributed by atoms with E-state index in [1.165, 1.54) is 6.20 Å². The zero-order chi connectivity index (χ0) is 19.4. The van der Waals surface area contributed by atoms with Gasteiger partial charge in [0.05, 0.1) is 17.8 Å². The molecule has 1 aromatic heterocycles. The fourth-order valence-corrected chi connectivity index (χ4v) is 4.05. The third-order valence-electron chi connectivity index (χ3n) is 5.57. The van der Waals surface area contributed by atoms with Crippen LogP contribution in [-0.4, -0.2) is 68.1 Å². The molecule has 148 valence electrons. The highest BCUT2D eigenvalue weighted by Gasteiger charge is 2.35. The Morgan fingerprint density at radius 3 is 2.52 bits per heavy atom. The smallest absolute Gasteiger partial charge is 0.338 e. The molecule has 2 aliphatic rings. The number of carboxylic acids is 1. The van der Waals surface area contributed by atoms with Crippen molar-refractivity contribution >= 4 is 17.8 Å². The summed E-state index contributed by atoms with van der Waals surface area (Å²) in [6.07, 6.45) is 8.37. The van der Waals surface area contributed by atoms with Crippen molar-refractivity contribution in [3.63, 3.8) is 0 Å². The lowest BCUT2D eigenvalue weighted by molar-refractivity contribution is -0.148. The molecule has 2 fully saturated rings. The van der Waals surface area contributed by atoms with E-state index >= 15 is 0 Å². The third-order valence-corrected chi connectivity index (χ3v) is 5.57. The first kappa shape index (κ1) is 19.4. The highest BCUT2D eigenvalue weighted by atomic mass is 16.4. The number of amides is 2. The Morgan fingerprint density at radius 1 is 1.15 bits per heavy atom. The maximum absolute atomic E-state index is 13.0. The van der Waals surface area contributed by atoms with Gasteiger partial charge in [-0.25, -0.2) is 4.79 Å². The van der Waals surface area contributed by atoms with Gasteiger partial charge in [-0.15, -0.1) is 0 Å². The van der Waals surface area contributed by atoms with Gasteiger partial charge >= 0.3 is 5.97 Å². The number of hydrogen-bond acceptors (Lipinski definition) is 4. The first-order valence-electron chi connectivity index (χ1n) is 9.87. The average molecular weight is 376 g/mol. The van der Waals surface area contributed by atoms with Crippen LogP contribution in [0, 0.1) is 0 Å². The van der Waals surface area contributed by atoms with Gasteiger partial charge in [0.25, 0.3) is 0 Å². The van der Waals surface area contributed by atoms with Crippen LogP contribution in [0.3, 0.4) is 0 Å². The molecule has 0 spiro atoms. The van der Waals surface area contributed by atoms with E-state index in [0.717, 1.165) is 38.5 Å². The molecule has 27 heavy (non-hydrogen) atoms. The lowest BCUT2D eigenvalue weighted by atomic mass is 9.98. The zero-order valence-corrected chi connectivity index (χ0v) is 15.8. The molecule has 1 atom stereocenters. The van der Waals surface area contributed by atoms with Gasteiger partial charge in [-0.3, -0.25) is 14.3 Å². The summed E-state index contributed by atoms with van der Waals surface area (Å²) < 4.78 is 1.70. The SMILES string of the molecule is CCCC(=O)N1CCCCC1C(=O)N1CCC(n2cc(C(=O)O)cn2)CC1. The number of nitrogens with zero attached hydrogens (tertiary/aromatic N) is 4. The van der Waals surface area contributed by atoms with Gasteiger partial charge in [0.1, 0.15) is 6.04 Å². The minimum Gasteiger partial charge on any atom is -0.478 e. The molecule has 0 bridgehead atoms. The Balaban J connectivity index is 1.59. The molecular formula is C19H28N4O4. The van der Waals surface area contributed by atoms with E-state index in [0.29, 0.717) is 26.1 Å². The standard InChI is InChI=1S/C19H28N4O4/c1-2-5-17(24)22-9-4-3-6-16(22)18(25)21-10-7-15(8-11-21)23-13-14(12-20-23)19(26)27/h12-13,15-16H,2-11H2,1H3,(H,26,27). The van der Waals surface area contributed by atoms with Crippen LogP contribution in [0.4, 0.5) is 0 Å². The zero-order valence-electron chi connectivity index (χ0n) is 15.8. The Morgan fingerprint density at radius 2 is 1.89 bits per heavy atom. The van der Waals surface area contributed by atoms with Crippen LogP contribution in [0.5, 0.6) is 0 Å². The summed E-state index contributed by atoms with van der Waals surface area (Å²) >= 11 is 0. The largest absolute Gasteiger partial charge is 0.478 e. The second-order valence-corrected chi connectivity index (χ2v) is 7.42. The van der Waals surface area contributed by atoms with Gasteiger partial charge in [0.2, 0.25) is 11.8 Å². The van der Waals surface area contributed by atoms with E-state index in [1.54, 1.807) is 15.8 Å². The highest BCUT2D eigenvalue weighted by molar-refractivity contribution is 5.88. The van der Waals surface area contributed by atoms with Crippen LogP contribution in [0.1, 0.15) is 68.3 Å². The summed E-state index contributed by atoms with van der Waals surface area (Å²) in [5.41, 5.74) is 0.181. The first-order chi connectivity index (χ1) is 13.0. The minimum absolute atomic E-state index is 0.0595. The number of likely N-dealkylation sites (tertiary alicyclic amines) is 2. The van der Waals surface area contributed by atoms with E-state index in [4.69, 9.17) is 5.11 Å². The van der Waals surface area contributed by atoms with Crippen molar-refractivity contribution in [2.45, 2.75) is 64.0 Å². The number of piperidine rings is 2. The predicted molar refractivity (Wildman–Crippen MR) is 98.3 cm³/mol. The molecule has 3 heterocycles. The molecule has 0 aliphatic carbocycles. The van der Waals surface area contributed by atoms with Crippen LogP contribution in [0.25, 0.3) is 0 Å². The molecule has 3 rings (SSSR count). The van der Waals surface area contributed by atoms with Crippen LogP contribution in [0.15, 0.2) is 12.4 Å². The summed E-state index contributed by atoms with van der Waals surface area (Å²) in [5, 5.41) is 13.2. The Labute approximate surface area is 159 Å². The molecule has 1 aromatic rings. The molecule has 2 amide bonds. The summed E-state index contributed by atoms with van der Waals surface area (Å²) in [5.74, 6) is -0.838. The van der Waals surface area contributed by atoms with Crippen molar-refractivity contribution in [3.8, 4) is 0 Å². The van der Waals surface area contributed by atoms with E-state index in [9.17, 15) is 14.4 Å². The second-order valence-electron chi connectivity index (χ2n) is 7.42. The van der Waals surface area contributed by atoms with Crippen molar-refractivity contribution in [1.29, 1.82) is 0 Å². The number of rotatable bonds is 5. The van der Waals surface area contributed by atoms with Crippen molar-refractivity contribution in [3.05, 3.63) is 18.0 Å². The Hall–Kier alpha value is -2.38. The summed E-state index contributed by atoms with van der Waals surface area (Å²) in [4.78, 5) is 40.1. The maximum atomic E-state index is 13.0. The fraction of sp³-hybridized carbons (Fsp3) is 0.684. The molecular weight excluding hydrogens is 348 g/mol. The second kappa shape index (κ2) is 8.54. The molecule has 0 radical (unpaired) electrons. The number of carbonyl (C=O) groups excluding carboxylic acids is 2. The highest BCUT2D eigenvalue weighted by Crippen LogP contribution is 2.26. The monoisotopic (exact) mass is 376 g/mol. The summed E-state index contributed by atoms with van der Waals surface area (Å²) in [6, 6.07) is -0.219. The number of carboxylic acid groups (broad SMARTS) is 1. The average Bonchev–Trinajstić information content (AvgIpc) is 3.18. The van der Waals surface area contributed by atoms with Gasteiger partial charge < -0.3 is 14.9 Å². The quantitative estimate of drug-likeness (QED) is 0.847. The number of carbonyl (C=O) groups is 3. The van der Waals surface area contributed by atoms with Crippen LogP contribution >= 0.6 is 0 Å². The lowest BCUT2D eigenvalue weighted by Crippen LogP contribution is -2.54. The number of aromatic nitrogens is 2. The van der Waals surface area contributed by atoms with Crippen LogP contribution in [0.2, 0.25) is 0 Å². The third kappa shape index (κ3) is 4.31. The van der Waals surface area contributed by atoms with Crippen molar-refractivity contribution < 1.29 is 19.5 Å². The van der Waals surface area contributed by atoms with Gasteiger partial charge in [-0.05, 0) is 38.5 Å². The summed E-state index contributed by atoms with van der Waals surface area (Å²) in [6.45, 7) is 3.88. The van der Waals surface area contributed by atoms with Gasteiger partial charge in [0, 0.05) is 32.3 Å². The van der Waals surface area contributed by atoms with Crippen molar-refractivity contribution in [2.24, 2.45) is 0 Å². The van der Waals surface area contributed by atoms with Gasteiger partial charge in [-0.1, -0.05) is 6.92 Å². The summed E-state index contributed by atoms with van der Waals surface area (Å²) in [7, 11) is 0. The Kier molecular flexibility index (Phi) is 6.13. The van der Waals surface area contributed by atoms with Gasteiger partial charge in [0.15, 0.2) is 0 Å². The molecule has 8 heteroatoms. The minimum atomic E-state index is -0.983. The topological polar surface area (TPSA) is 95.7 Å².